The van der Waals surface area contributed by atoms with Crippen LogP contribution in [0.1, 0.15) is 44.5 Å². The third-order valence-corrected chi connectivity index (χ3v) is 9.78. The lowest BCUT2D eigenvalue weighted by molar-refractivity contribution is 0.0898. The summed E-state index contributed by atoms with van der Waals surface area (Å²) in [6.07, 6.45) is 7.54. The molecule has 1 saturated heterocycles. The van der Waals surface area contributed by atoms with Crippen molar-refractivity contribution >= 4 is 42.5 Å². The summed E-state index contributed by atoms with van der Waals surface area (Å²) in [7, 11) is -1.19. The van der Waals surface area contributed by atoms with Crippen molar-refractivity contribution < 1.29 is 19.4 Å². The molecule has 5 rings (SSSR count). The summed E-state index contributed by atoms with van der Waals surface area (Å²) in [4.78, 5) is 34.0. The van der Waals surface area contributed by atoms with E-state index in [-0.39, 0.29) is 18.1 Å². The fourth-order valence-electron chi connectivity index (χ4n) is 5.79. The topological polar surface area (TPSA) is 131 Å². The maximum absolute atomic E-state index is 11.7. The molecule has 1 amide bonds. The molecular formula is C30H44N8O4Si. The van der Waals surface area contributed by atoms with Crippen LogP contribution in [0.2, 0.25) is 25.7 Å². The Morgan fingerprint density at radius 2 is 1.98 bits per heavy atom. The van der Waals surface area contributed by atoms with E-state index >= 15 is 0 Å². The molecule has 2 N–H and O–H groups in total. The van der Waals surface area contributed by atoms with Gasteiger partial charge in [0.05, 0.1) is 42.4 Å². The number of carbonyl (C=O) groups is 1. The third-order valence-electron chi connectivity index (χ3n) is 8.07. The van der Waals surface area contributed by atoms with Crippen molar-refractivity contribution in [1.82, 2.24) is 29.4 Å². The second-order valence-electron chi connectivity index (χ2n) is 12.8. The number of amides is 1. The molecule has 3 aromatic rings. The van der Waals surface area contributed by atoms with Gasteiger partial charge in [0.15, 0.2) is 0 Å². The number of ether oxygens (including phenoxy) is 2. The van der Waals surface area contributed by atoms with Gasteiger partial charge in [0.25, 0.3) is 0 Å². The largest absolute Gasteiger partial charge is 0.465 e. The monoisotopic (exact) mass is 608 g/mol. The number of hydrogen-bond donors (Lipinski definition) is 2. The molecule has 3 aromatic heterocycles. The van der Waals surface area contributed by atoms with Crippen LogP contribution in [0.3, 0.4) is 0 Å². The van der Waals surface area contributed by atoms with Gasteiger partial charge in [-0.25, -0.2) is 24.7 Å². The zero-order valence-electron chi connectivity index (χ0n) is 26.1. The summed E-state index contributed by atoms with van der Waals surface area (Å²) in [6, 6.07) is 2.50. The molecule has 2 aliphatic heterocycles. The first-order valence-electron chi connectivity index (χ1n) is 15.1. The van der Waals surface area contributed by atoms with Gasteiger partial charge in [-0.05, 0) is 44.9 Å². The number of aromatic nitrogens is 5. The number of rotatable bonds is 10. The fraction of sp³-hybridized carbons (Fsp3) is 0.567. The molecule has 0 unspecified atom stereocenters. The van der Waals surface area contributed by atoms with Crippen LogP contribution in [-0.4, -0.2) is 93.7 Å². The van der Waals surface area contributed by atoms with Crippen molar-refractivity contribution in [2.24, 2.45) is 0 Å². The van der Waals surface area contributed by atoms with Crippen LogP contribution in [-0.2, 0) is 16.2 Å². The van der Waals surface area contributed by atoms with E-state index < -0.39 is 14.2 Å². The summed E-state index contributed by atoms with van der Waals surface area (Å²) < 4.78 is 13.8. The van der Waals surface area contributed by atoms with Crippen molar-refractivity contribution in [3.05, 3.63) is 42.1 Å². The Balaban J connectivity index is 1.40. The molecule has 0 saturated carbocycles. The number of fused-ring (bicyclic) bond motifs is 1. The number of nitrogens with zero attached hydrogens (tertiary/aromatic N) is 7. The van der Waals surface area contributed by atoms with Gasteiger partial charge in [-0.1, -0.05) is 25.7 Å². The van der Waals surface area contributed by atoms with Crippen LogP contribution in [0.4, 0.5) is 16.6 Å². The van der Waals surface area contributed by atoms with E-state index in [1.165, 1.54) is 10.5 Å². The van der Waals surface area contributed by atoms with Crippen molar-refractivity contribution in [1.29, 1.82) is 0 Å². The molecular weight excluding hydrogens is 564 g/mol. The molecule has 0 aromatic carbocycles. The quantitative estimate of drug-likeness (QED) is 0.237. The average Bonchev–Trinajstić information content (AvgIpc) is 3.34. The van der Waals surface area contributed by atoms with E-state index in [1.54, 1.807) is 12.5 Å². The van der Waals surface area contributed by atoms with Crippen LogP contribution >= 0.6 is 0 Å². The van der Waals surface area contributed by atoms with Gasteiger partial charge in [0.2, 0.25) is 5.95 Å². The van der Waals surface area contributed by atoms with Crippen LogP contribution in [0.5, 0.6) is 0 Å². The molecule has 5 heterocycles. The van der Waals surface area contributed by atoms with Gasteiger partial charge in [-0.15, -0.1) is 0 Å². The predicted molar refractivity (Wildman–Crippen MR) is 170 cm³/mol. The molecule has 13 heteroatoms. The number of hydrogen-bond acceptors (Lipinski definition) is 9. The van der Waals surface area contributed by atoms with Gasteiger partial charge in [0.1, 0.15) is 24.5 Å². The molecule has 1 fully saturated rings. The first-order chi connectivity index (χ1) is 20.5. The normalized spacial score (nSPS) is 20.3. The number of piperazine rings is 1. The standard InChI is InChI=1S/C30H44N8O4Si/c1-20-15-36(16-21(2)38(20)30(39)40)29-31-10-7-25(35-29)22(3)34-27-26-24(23-8-11-41-12-9-23)17-37(28(26)33-18-32-27)19-42-13-14-43(4,5)6/h7-8,10,17-18,20-22H,9,11-16,19H2,1-6H3,(H,39,40)(H,32,33,34)/t20-,21+,22-/m0/s1. The minimum absolute atomic E-state index is 0.167. The molecule has 2 aliphatic rings. The Morgan fingerprint density at radius 1 is 1.21 bits per heavy atom. The van der Waals surface area contributed by atoms with Crippen LogP contribution in [0.25, 0.3) is 16.6 Å². The second-order valence-corrected chi connectivity index (χ2v) is 18.4. The van der Waals surface area contributed by atoms with E-state index in [0.29, 0.717) is 39.0 Å². The predicted octanol–water partition coefficient (Wildman–Crippen LogP) is 5.09. The second kappa shape index (κ2) is 13.0. The van der Waals surface area contributed by atoms with Crippen LogP contribution in [0.15, 0.2) is 30.9 Å². The highest BCUT2D eigenvalue weighted by atomic mass is 28.3. The Bertz CT molecular complexity index is 1460. The molecule has 0 aliphatic carbocycles. The van der Waals surface area contributed by atoms with Gasteiger partial charge in [0, 0.05) is 45.7 Å². The number of carboxylic acid groups (broad SMARTS) is 1. The SMILES string of the molecule is C[C@H](Nc1ncnc2c1c(C1=CCOCC1)cn2COCC[Si](C)(C)C)c1ccnc(N2C[C@@H](C)N(C(=O)O)[C@@H](C)C2)n1. The summed E-state index contributed by atoms with van der Waals surface area (Å²) in [5.74, 6) is 1.33. The summed E-state index contributed by atoms with van der Waals surface area (Å²) in [6.45, 7) is 16.4. The Morgan fingerprint density at radius 3 is 2.65 bits per heavy atom. The summed E-state index contributed by atoms with van der Waals surface area (Å²) >= 11 is 0. The molecule has 0 spiro atoms. The zero-order valence-corrected chi connectivity index (χ0v) is 27.1. The van der Waals surface area contributed by atoms with Gasteiger partial charge >= 0.3 is 6.09 Å². The van der Waals surface area contributed by atoms with Crippen molar-refractivity contribution in [3.63, 3.8) is 0 Å². The van der Waals surface area contributed by atoms with E-state index in [0.717, 1.165) is 47.2 Å². The highest BCUT2D eigenvalue weighted by Gasteiger charge is 2.34. The first-order valence-corrected chi connectivity index (χ1v) is 18.8. The third kappa shape index (κ3) is 7.16. The summed E-state index contributed by atoms with van der Waals surface area (Å²) in [5.41, 5.74) is 3.95. The molecule has 3 atom stereocenters. The minimum atomic E-state index is -1.19. The summed E-state index contributed by atoms with van der Waals surface area (Å²) in [5, 5.41) is 14.2. The van der Waals surface area contributed by atoms with E-state index in [9.17, 15) is 9.90 Å². The van der Waals surface area contributed by atoms with E-state index in [4.69, 9.17) is 14.5 Å². The number of nitrogens with one attached hydrogen (secondary N) is 1. The van der Waals surface area contributed by atoms with Crippen molar-refractivity contribution in [2.45, 2.75) is 77.7 Å². The highest BCUT2D eigenvalue weighted by Crippen LogP contribution is 2.35. The van der Waals surface area contributed by atoms with Gasteiger partial charge < -0.3 is 29.4 Å². The molecule has 12 nitrogen and oxygen atoms in total. The Labute approximate surface area is 254 Å². The van der Waals surface area contributed by atoms with Gasteiger partial charge in [-0.3, -0.25) is 4.90 Å². The average molecular weight is 609 g/mol. The zero-order chi connectivity index (χ0) is 30.7. The lowest BCUT2D eigenvalue weighted by atomic mass is 10.0. The number of anilines is 2. The molecule has 0 bridgehead atoms. The van der Waals surface area contributed by atoms with Crippen LogP contribution < -0.4 is 10.2 Å². The van der Waals surface area contributed by atoms with Gasteiger partial charge in [-0.2, -0.15) is 0 Å². The minimum Gasteiger partial charge on any atom is -0.465 e. The molecule has 0 radical (unpaired) electrons. The molecule has 232 valence electrons. The lowest BCUT2D eigenvalue weighted by Gasteiger charge is -2.42. The fourth-order valence-corrected chi connectivity index (χ4v) is 6.54. The van der Waals surface area contributed by atoms with Crippen LogP contribution in [0, 0.1) is 0 Å². The van der Waals surface area contributed by atoms with Crippen molar-refractivity contribution in [3.8, 4) is 0 Å². The van der Waals surface area contributed by atoms with Crippen molar-refractivity contribution in [2.75, 3.05) is 43.1 Å². The molecule has 43 heavy (non-hydrogen) atoms. The lowest BCUT2D eigenvalue weighted by Crippen LogP contribution is -2.58. The first kappa shape index (κ1) is 30.9. The Kier molecular flexibility index (Phi) is 9.32. The highest BCUT2D eigenvalue weighted by molar-refractivity contribution is 6.76. The smallest absolute Gasteiger partial charge is 0.407 e. The maximum Gasteiger partial charge on any atom is 0.407 e. The van der Waals surface area contributed by atoms with E-state index in [1.807, 2.05) is 19.9 Å². The Hall–Kier alpha value is -3.55. The maximum atomic E-state index is 11.7. The van der Waals surface area contributed by atoms with E-state index in [2.05, 4.69) is 68.6 Å².